The van der Waals surface area contributed by atoms with E-state index in [0.29, 0.717) is 25.6 Å². The summed E-state index contributed by atoms with van der Waals surface area (Å²) >= 11 is 0. The van der Waals surface area contributed by atoms with Gasteiger partial charge in [-0.3, -0.25) is 9.69 Å². The van der Waals surface area contributed by atoms with E-state index in [9.17, 15) is 14.0 Å². The van der Waals surface area contributed by atoms with Crippen LogP contribution in [-0.4, -0.2) is 59.6 Å². The molecule has 1 aromatic rings. The van der Waals surface area contributed by atoms with Gasteiger partial charge in [-0.25, -0.2) is 9.18 Å². The summed E-state index contributed by atoms with van der Waals surface area (Å²) in [5.74, 6) is -0.0299. The van der Waals surface area contributed by atoms with Crippen molar-refractivity contribution in [1.82, 2.24) is 15.1 Å². The van der Waals surface area contributed by atoms with Gasteiger partial charge in [0.25, 0.3) is 0 Å². The molecule has 0 aromatic heterocycles. The van der Waals surface area contributed by atoms with Gasteiger partial charge >= 0.3 is 6.09 Å². The smallest absolute Gasteiger partial charge is 0.410 e. The summed E-state index contributed by atoms with van der Waals surface area (Å²) in [5, 5.41) is 2.90. The second-order valence-electron chi connectivity index (χ2n) is 9.37. The monoisotopic (exact) mass is 421 g/mol. The Labute approximate surface area is 179 Å². The Morgan fingerprint density at radius 2 is 1.93 bits per heavy atom. The SMILES string of the molecule is CC(C)N(CC1CCCN(CC(=O)NCc2ccc(F)cc2)C1)C(=O)OC(C)(C)C. The first kappa shape index (κ1) is 24.1. The molecule has 30 heavy (non-hydrogen) atoms. The van der Waals surface area contributed by atoms with E-state index >= 15 is 0 Å². The van der Waals surface area contributed by atoms with Crippen LogP contribution in [0.4, 0.5) is 9.18 Å². The minimum Gasteiger partial charge on any atom is -0.444 e. The molecule has 1 aromatic carbocycles. The van der Waals surface area contributed by atoms with Crippen molar-refractivity contribution in [3.63, 3.8) is 0 Å². The van der Waals surface area contributed by atoms with Crippen LogP contribution in [0.1, 0.15) is 53.0 Å². The van der Waals surface area contributed by atoms with Crippen molar-refractivity contribution < 1.29 is 18.7 Å². The first-order valence-electron chi connectivity index (χ1n) is 10.8. The van der Waals surface area contributed by atoms with E-state index in [0.717, 1.165) is 31.5 Å². The molecule has 1 heterocycles. The summed E-state index contributed by atoms with van der Waals surface area (Å²) in [7, 11) is 0. The highest BCUT2D eigenvalue weighted by Gasteiger charge is 2.29. The molecule has 0 bridgehead atoms. The summed E-state index contributed by atoms with van der Waals surface area (Å²) in [6.45, 7) is 12.6. The number of benzene rings is 1. The van der Waals surface area contributed by atoms with Gasteiger partial charge in [0.15, 0.2) is 0 Å². The summed E-state index contributed by atoms with van der Waals surface area (Å²) in [6, 6.07) is 6.17. The first-order valence-corrected chi connectivity index (χ1v) is 10.8. The molecule has 6 nitrogen and oxygen atoms in total. The lowest BCUT2D eigenvalue weighted by atomic mass is 9.97. The fourth-order valence-electron chi connectivity index (χ4n) is 3.60. The number of carbonyl (C=O) groups is 2. The van der Waals surface area contributed by atoms with Crippen molar-refractivity contribution in [1.29, 1.82) is 0 Å². The third kappa shape index (κ3) is 8.30. The summed E-state index contributed by atoms with van der Waals surface area (Å²) in [4.78, 5) is 28.8. The van der Waals surface area contributed by atoms with Crippen LogP contribution < -0.4 is 5.32 Å². The van der Waals surface area contributed by atoms with E-state index in [-0.39, 0.29) is 23.9 Å². The maximum Gasteiger partial charge on any atom is 0.410 e. The molecule has 1 fully saturated rings. The van der Waals surface area contributed by atoms with E-state index in [1.54, 1.807) is 17.0 Å². The van der Waals surface area contributed by atoms with E-state index in [2.05, 4.69) is 10.2 Å². The number of ether oxygens (including phenoxy) is 1. The molecule has 0 radical (unpaired) electrons. The zero-order chi connectivity index (χ0) is 22.3. The van der Waals surface area contributed by atoms with E-state index in [1.165, 1.54) is 12.1 Å². The largest absolute Gasteiger partial charge is 0.444 e. The van der Waals surface area contributed by atoms with Gasteiger partial charge in [0, 0.05) is 25.7 Å². The molecular formula is C23H36FN3O3. The van der Waals surface area contributed by atoms with E-state index < -0.39 is 5.60 Å². The second kappa shape index (κ2) is 10.8. The molecule has 1 N–H and O–H groups in total. The third-order valence-electron chi connectivity index (χ3n) is 5.08. The molecule has 1 aliphatic heterocycles. The molecule has 168 valence electrons. The number of nitrogens with one attached hydrogen (secondary N) is 1. The average Bonchev–Trinajstić information content (AvgIpc) is 2.64. The Hall–Kier alpha value is -2.15. The number of carbonyl (C=O) groups excluding carboxylic acids is 2. The van der Waals surface area contributed by atoms with E-state index in [4.69, 9.17) is 4.74 Å². The normalized spacial score (nSPS) is 17.6. The molecule has 1 atom stereocenters. The second-order valence-corrected chi connectivity index (χ2v) is 9.37. The van der Waals surface area contributed by atoms with Crippen molar-refractivity contribution in [3.05, 3.63) is 35.6 Å². The van der Waals surface area contributed by atoms with Gasteiger partial charge < -0.3 is 15.0 Å². The number of hydrogen-bond acceptors (Lipinski definition) is 4. The van der Waals surface area contributed by atoms with Gasteiger partial charge in [-0.1, -0.05) is 12.1 Å². The van der Waals surface area contributed by atoms with Gasteiger partial charge in [0.2, 0.25) is 5.91 Å². The Bertz CT molecular complexity index is 701. The predicted octanol–water partition coefficient (Wildman–Crippen LogP) is 3.80. The lowest BCUT2D eigenvalue weighted by Gasteiger charge is -2.37. The Kier molecular flexibility index (Phi) is 8.65. The molecule has 0 saturated carbocycles. The fourth-order valence-corrected chi connectivity index (χ4v) is 3.60. The standard InChI is InChI=1S/C23H36FN3O3/c1-17(2)27(22(29)30-23(3,4)5)15-19-7-6-12-26(14-19)16-21(28)25-13-18-8-10-20(24)11-9-18/h8-11,17,19H,6-7,12-16H2,1-5H3,(H,25,28). The maximum absolute atomic E-state index is 13.0. The molecule has 7 heteroatoms. The highest BCUT2D eigenvalue weighted by atomic mass is 19.1. The molecule has 2 amide bonds. The number of nitrogens with zero attached hydrogens (tertiary/aromatic N) is 2. The van der Waals surface area contributed by atoms with Gasteiger partial charge in [-0.2, -0.15) is 0 Å². The molecule has 0 aliphatic carbocycles. The number of likely N-dealkylation sites (tertiary alicyclic amines) is 1. The van der Waals surface area contributed by atoms with Crippen LogP contribution in [0.2, 0.25) is 0 Å². The van der Waals surface area contributed by atoms with Crippen molar-refractivity contribution in [2.45, 2.75) is 65.6 Å². The average molecular weight is 422 g/mol. The lowest BCUT2D eigenvalue weighted by Crippen LogP contribution is -2.48. The van der Waals surface area contributed by atoms with E-state index in [1.807, 2.05) is 34.6 Å². The first-order chi connectivity index (χ1) is 14.0. The van der Waals surface area contributed by atoms with Crippen molar-refractivity contribution in [2.24, 2.45) is 5.92 Å². The summed E-state index contributed by atoms with van der Waals surface area (Å²) < 4.78 is 18.5. The van der Waals surface area contributed by atoms with Gasteiger partial charge in [-0.15, -0.1) is 0 Å². The zero-order valence-electron chi connectivity index (χ0n) is 18.9. The van der Waals surface area contributed by atoms with Crippen LogP contribution in [0.3, 0.4) is 0 Å². The van der Waals surface area contributed by atoms with Crippen LogP contribution >= 0.6 is 0 Å². The molecule has 1 unspecified atom stereocenters. The topological polar surface area (TPSA) is 61.9 Å². The van der Waals surface area contributed by atoms with Crippen LogP contribution in [0.25, 0.3) is 0 Å². The Morgan fingerprint density at radius 1 is 1.27 bits per heavy atom. The van der Waals surface area contributed by atoms with Crippen LogP contribution in [0.5, 0.6) is 0 Å². The van der Waals surface area contributed by atoms with Crippen molar-refractivity contribution in [3.8, 4) is 0 Å². The molecule has 0 spiro atoms. The van der Waals surface area contributed by atoms with Crippen molar-refractivity contribution >= 4 is 12.0 Å². The van der Waals surface area contributed by atoms with Gasteiger partial charge in [-0.05, 0) is 77.6 Å². The quantitative estimate of drug-likeness (QED) is 0.727. The minimum absolute atomic E-state index is 0.0483. The number of rotatable bonds is 7. The van der Waals surface area contributed by atoms with Crippen molar-refractivity contribution in [2.75, 3.05) is 26.2 Å². The summed E-state index contributed by atoms with van der Waals surface area (Å²) in [6.07, 6.45) is 1.74. The van der Waals surface area contributed by atoms with Crippen LogP contribution in [0, 0.1) is 11.7 Å². The van der Waals surface area contributed by atoms with Crippen LogP contribution in [-0.2, 0) is 16.1 Å². The summed E-state index contributed by atoms with van der Waals surface area (Å²) in [5.41, 5.74) is 0.344. The Balaban J connectivity index is 1.83. The highest BCUT2D eigenvalue weighted by molar-refractivity contribution is 5.78. The van der Waals surface area contributed by atoms with Crippen LogP contribution in [0.15, 0.2) is 24.3 Å². The number of halogens is 1. The number of piperidine rings is 1. The zero-order valence-corrected chi connectivity index (χ0v) is 18.9. The number of amides is 2. The lowest BCUT2D eigenvalue weighted by molar-refractivity contribution is -0.122. The minimum atomic E-state index is -0.522. The third-order valence-corrected chi connectivity index (χ3v) is 5.08. The number of hydrogen-bond donors (Lipinski definition) is 1. The molecule has 1 saturated heterocycles. The highest BCUT2D eigenvalue weighted by Crippen LogP contribution is 2.20. The molecular weight excluding hydrogens is 385 g/mol. The van der Waals surface area contributed by atoms with Gasteiger partial charge in [0.1, 0.15) is 11.4 Å². The molecule has 2 rings (SSSR count). The maximum atomic E-state index is 13.0. The fraction of sp³-hybridized carbons (Fsp3) is 0.652. The Morgan fingerprint density at radius 3 is 2.53 bits per heavy atom. The van der Waals surface area contributed by atoms with Gasteiger partial charge in [0.05, 0.1) is 6.54 Å². The predicted molar refractivity (Wildman–Crippen MR) is 115 cm³/mol. The molecule has 1 aliphatic rings.